The fourth-order valence-electron chi connectivity index (χ4n) is 1.63. The second kappa shape index (κ2) is 5.93. The summed E-state index contributed by atoms with van der Waals surface area (Å²) in [5, 5.41) is 0. The van der Waals surface area contributed by atoms with Gasteiger partial charge in [-0.2, -0.15) is 0 Å². The van der Waals surface area contributed by atoms with Crippen molar-refractivity contribution in [3.05, 3.63) is 65.3 Å². The molecule has 0 radical (unpaired) electrons. The second-order valence-electron chi connectivity index (χ2n) is 4.22. The van der Waals surface area contributed by atoms with E-state index in [1.54, 1.807) is 7.11 Å². The maximum atomic E-state index is 5.11. The van der Waals surface area contributed by atoms with E-state index in [0.717, 1.165) is 23.3 Å². The van der Waals surface area contributed by atoms with Crippen molar-refractivity contribution in [2.45, 2.75) is 13.3 Å². The molecular weight excluding hydrogens is 220 g/mol. The highest BCUT2D eigenvalue weighted by atomic mass is 16.5. The van der Waals surface area contributed by atoms with Crippen LogP contribution in [0.25, 0.3) is 0 Å². The van der Waals surface area contributed by atoms with E-state index >= 15 is 0 Å². The van der Waals surface area contributed by atoms with Crippen LogP contribution in [0.1, 0.15) is 18.9 Å². The molecule has 1 aliphatic rings. The minimum absolute atomic E-state index is 0.854. The predicted octanol–water partition coefficient (Wildman–Crippen LogP) is 3.88. The van der Waals surface area contributed by atoms with Crippen LogP contribution in [0.2, 0.25) is 0 Å². The average Bonchev–Trinajstić information content (AvgIpc) is 2.62. The number of methoxy groups -OCH3 is 1. The van der Waals surface area contributed by atoms with E-state index in [4.69, 9.17) is 4.74 Å². The fourth-order valence-corrected chi connectivity index (χ4v) is 1.63. The molecule has 0 atom stereocenters. The minimum atomic E-state index is 0.854. The Balaban J connectivity index is 2.16. The molecule has 0 unspecified atom stereocenters. The molecule has 0 fully saturated rings. The van der Waals surface area contributed by atoms with E-state index in [2.05, 4.69) is 43.1 Å². The van der Waals surface area contributed by atoms with E-state index in [1.165, 1.54) is 5.57 Å². The first-order valence-corrected chi connectivity index (χ1v) is 5.98. The summed E-state index contributed by atoms with van der Waals surface area (Å²) in [6, 6.07) is 7.78. The monoisotopic (exact) mass is 236 g/mol. The van der Waals surface area contributed by atoms with Crippen molar-refractivity contribution in [2.24, 2.45) is 0 Å². The van der Waals surface area contributed by atoms with Crippen LogP contribution in [-0.4, -0.2) is 7.11 Å². The molecule has 0 saturated heterocycles. The molecule has 1 nitrogen and oxygen atoms in total. The Morgan fingerprint density at radius 1 is 1.06 bits per heavy atom. The third kappa shape index (κ3) is 3.40. The summed E-state index contributed by atoms with van der Waals surface area (Å²) in [6.45, 7) is 2.13. The maximum absolute atomic E-state index is 5.11. The molecule has 0 N–H and O–H groups in total. The Bertz CT molecular complexity index is 560. The average molecular weight is 236 g/mol. The molecule has 0 saturated carbocycles. The number of rotatable bonds is 1. The van der Waals surface area contributed by atoms with Crippen molar-refractivity contribution in [1.82, 2.24) is 0 Å². The van der Waals surface area contributed by atoms with Crippen molar-refractivity contribution in [1.29, 1.82) is 0 Å². The molecule has 2 rings (SSSR count). The molecule has 1 heteroatoms. The zero-order valence-corrected chi connectivity index (χ0v) is 10.7. The van der Waals surface area contributed by atoms with Gasteiger partial charge in [-0.05, 0) is 43.7 Å². The molecule has 0 heterocycles. The molecule has 1 aliphatic carbocycles. The van der Waals surface area contributed by atoms with Crippen LogP contribution in [0.3, 0.4) is 0 Å². The first kappa shape index (κ1) is 12.3. The van der Waals surface area contributed by atoms with Gasteiger partial charge in [0.15, 0.2) is 0 Å². The Hall–Kier alpha value is -2.20. The molecule has 18 heavy (non-hydrogen) atoms. The molecule has 0 bridgehead atoms. The zero-order chi connectivity index (χ0) is 12.8. The highest BCUT2D eigenvalue weighted by Gasteiger charge is 1.93. The molecule has 0 aromatic heterocycles. The summed E-state index contributed by atoms with van der Waals surface area (Å²) >= 11 is 0. The van der Waals surface area contributed by atoms with Gasteiger partial charge >= 0.3 is 0 Å². The van der Waals surface area contributed by atoms with Crippen molar-refractivity contribution in [3.8, 4) is 17.6 Å². The number of allylic oxidation sites excluding steroid dienone is 6. The number of benzene rings is 1. The molecule has 0 amide bonds. The maximum Gasteiger partial charge on any atom is 0.118 e. The van der Waals surface area contributed by atoms with Crippen molar-refractivity contribution < 1.29 is 4.74 Å². The van der Waals surface area contributed by atoms with Gasteiger partial charge in [-0.1, -0.05) is 35.6 Å². The lowest BCUT2D eigenvalue weighted by molar-refractivity contribution is 0.415. The first-order chi connectivity index (χ1) is 8.78. The van der Waals surface area contributed by atoms with Gasteiger partial charge in [0, 0.05) is 11.1 Å². The summed E-state index contributed by atoms with van der Waals surface area (Å²) in [4.78, 5) is 0. The van der Waals surface area contributed by atoms with Gasteiger partial charge in [0.25, 0.3) is 0 Å². The summed E-state index contributed by atoms with van der Waals surface area (Å²) in [5.41, 5.74) is 3.39. The fraction of sp³-hybridized carbons (Fsp3) is 0.176. The van der Waals surface area contributed by atoms with Gasteiger partial charge in [-0.15, -0.1) is 0 Å². The van der Waals surface area contributed by atoms with Crippen molar-refractivity contribution >= 4 is 0 Å². The third-order valence-electron chi connectivity index (χ3n) is 2.73. The first-order valence-electron chi connectivity index (χ1n) is 5.98. The van der Waals surface area contributed by atoms with Crippen LogP contribution in [0, 0.1) is 11.8 Å². The molecule has 1 aromatic rings. The van der Waals surface area contributed by atoms with Crippen LogP contribution in [-0.2, 0) is 0 Å². The van der Waals surface area contributed by atoms with Crippen LogP contribution in [0.5, 0.6) is 5.75 Å². The summed E-state index contributed by atoms with van der Waals surface area (Å²) in [6.07, 6.45) is 9.41. The summed E-state index contributed by atoms with van der Waals surface area (Å²) in [7, 11) is 1.66. The lowest BCUT2D eigenvalue weighted by atomic mass is 10.2. The van der Waals surface area contributed by atoms with Crippen LogP contribution in [0.4, 0.5) is 0 Å². The molecule has 1 aromatic carbocycles. The molecular formula is C17H16O. The smallest absolute Gasteiger partial charge is 0.118 e. The van der Waals surface area contributed by atoms with E-state index in [1.807, 2.05) is 24.3 Å². The summed E-state index contributed by atoms with van der Waals surface area (Å²) < 4.78 is 5.11. The van der Waals surface area contributed by atoms with Gasteiger partial charge in [-0.3, -0.25) is 0 Å². The van der Waals surface area contributed by atoms with Gasteiger partial charge in [-0.25, -0.2) is 0 Å². The van der Waals surface area contributed by atoms with Gasteiger partial charge < -0.3 is 4.74 Å². The predicted molar refractivity (Wildman–Crippen MR) is 75.5 cm³/mol. The lowest BCUT2D eigenvalue weighted by Crippen LogP contribution is -1.82. The highest BCUT2D eigenvalue weighted by Crippen LogP contribution is 2.12. The quantitative estimate of drug-likeness (QED) is 0.672. The second-order valence-corrected chi connectivity index (χ2v) is 4.22. The number of hydrogen-bond acceptors (Lipinski definition) is 1. The lowest BCUT2D eigenvalue weighted by Gasteiger charge is -1.97. The highest BCUT2D eigenvalue weighted by molar-refractivity contribution is 5.48. The van der Waals surface area contributed by atoms with Gasteiger partial charge in [0.05, 0.1) is 7.11 Å². The SMILES string of the molecule is COc1ccc(C#CC2=CC=C(C)CC=C2)cc1. The normalized spacial score (nSPS) is 13.9. The summed E-state index contributed by atoms with van der Waals surface area (Å²) in [5.74, 6) is 7.18. The molecule has 0 spiro atoms. The van der Waals surface area contributed by atoms with Crippen molar-refractivity contribution in [3.63, 3.8) is 0 Å². The van der Waals surface area contributed by atoms with E-state index in [-0.39, 0.29) is 0 Å². The standard InChI is InChI=1S/C17H16O/c1-14-4-3-5-15(7-6-14)8-9-16-10-12-17(18-2)13-11-16/h3,5-7,10-13H,4H2,1-2H3. The molecule has 90 valence electrons. The van der Waals surface area contributed by atoms with Crippen LogP contribution < -0.4 is 4.74 Å². The Labute approximate surface area is 108 Å². The van der Waals surface area contributed by atoms with Gasteiger partial charge in [0.1, 0.15) is 5.75 Å². The number of ether oxygens (including phenoxy) is 1. The van der Waals surface area contributed by atoms with Gasteiger partial charge in [0.2, 0.25) is 0 Å². The Morgan fingerprint density at radius 3 is 2.56 bits per heavy atom. The van der Waals surface area contributed by atoms with Crippen LogP contribution >= 0.6 is 0 Å². The Kier molecular flexibility index (Phi) is 4.04. The molecule has 0 aliphatic heterocycles. The van der Waals surface area contributed by atoms with Crippen molar-refractivity contribution in [2.75, 3.05) is 7.11 Å². The van der Waals surface area contributed by atoms with E-state index < -0.39 is 0 Å². The number of hydrogen-bond donors (Lipinski definition) is 0. The minimum Gasteiger partial charge on any atom is -0.497 e. The topological polar surface area (TPSA) is 9.23 Å². The Morgan fingerprint density at radius 2 is 1.83 bits per heavy atom. The third-order valence-corrected chi connectivity index (χ3v) is 2.73. The van der Waals surface area contributed by atoms with E-state index in [0.29, 0.717) is 0 Å². The van der Waals surface area contributed by atoms with Crippen LogP contribution in [0.15, 0.2) is 59.7 Å². The van der Waals surface area contributed by atoms with E-state index in [9.17, 15) is 0 Å². The zero-order valence-electron chi connectivity index (χ0n) is 10.7. The largest absolute Gasteiger partial charge is 0.497 e.